The van der Waals surface area contributed by atoms with Crippen LogP contribution in [-0.2, 0) is 11.2 Å². The topological polar surface area (TPSA) is 79.6 Å². The maximum atomic E-state index is 13.1. The number of carbonyl (C=O) groups is 3. The summed E-state index contributed by atoms with van der Waals surface area (Å²) < 4.78 is 5.14. The molecule has 1 atom stereocenters. The van der Waals surface area contributed by atoms with Crippen molar-refractivity contribution in [3.8, 4) is 0 Å². The van der Waals surface area contributed by atoms with E-state index in [1.54, 1.807) is 17.0 Å². The molecule has 1 N–H and O–H groups in total. The van der Waals surface area contributed by atoms with Crippen molar-refractivity contribution in [3.63, 3.8) is 0 Å². The lowest BCUT2D eigenvalue weighted by Crippen LogP contribution is -2.53. The van der Waals surface area contributed by atoms with Crippen molar-refractivity contribution in [1.82, 2.24) is 10.2 Å². The first kappa shape index (κ1) is 23.8. The minimum absolute atomic E-state index is 0.0647. The Kier molecular flexibility index (Phi) is 7.89. The SMILES string of the molecule is CC(C)Cc1ccc(C(=O)C2CCN(C(=O)C(NC(=O)c3ccco3)C(C)C)CC2)cc1. The minimum atomic E-state index is -0.631. The number of nitrogens with zero attached hydrogens (tertiary/aromatic N) is 1. The number of amides is 2. The third kappa shape index (κ3) is 5.87. The number of hydrogen-bond donors (Lipinski definition) is 1. The Bertz CT molecular complexity index is 908. The van der Waals surface area contributed by atoms with Crippen LogP contribution in [0.25, 0.3) is 0 Å². The summed E-state index contributed by atoms with van der Waals surface area (Å²) in [6.07, 6.45) is 3.70. The van der Waals surface area contributed by atoms with E-state index in [9.17, 15) is 14.4 Å². The van der Waals surface area contributed by atoms with Crippen LogP contribution in [0.2, 0.25) is 0 Å². The van der Waals surface area contributed by atoms with Crippen molar-refractivity contribution in [2.75, 3.05) is 13.1 Å². The number of likely N-dealkylation sites (tertiary alicyclic amines) is 1. The second-order valence-corrected chi connectivity index (χ2v) is 9.43. The molecule has 6 nitrogen and oxygen atoms in total. The first-order valence-corrected chi connectivity index (χ1v) is 11.5. The highest BCUT2D eigenvalue weighted by Gasteiger charge is 2.33. The Balaban J connectivity index is 1.56. The molecule has 1 aromatic carbocycles. The average molecular weight is 439 g/mol. The van der Waals surface area contributed by atoms with Crippen molar-refractivity contribution < 1.29 is 18.8 Å². The molecule has 6 heteroatoms. The van der Waals surface area contributed by atoms with Crippen LogP contribution >= 0.6 is 0 Å². The van der Waals surface area contributed by atoms with E-state index in [-0.39, 0.29) is 29.3 Å². The van der Waals surface area contributed by atoms with Crippen LogP contribution in [-0.4, -0.2) is 41.6 Å². The number of nitrogens with one attached hydrogen (secondary N) is 1. The average Bonchev–Trinajstić information content (AvgIpc) is 3.31. The smallest absolute Gasteiger partial charge is 0.287 e. The zero-order valence-electron chi connectivity index (χ0n) is 19.5. The summed E-state index contributed by atoms with van der Waals surface area (Å²) in [4.78, 5) is 40.2. The van der Waals surface area contributed by atoms with Gasteiger partial charge in [0.05, 0.1) is 6.26 Å². The summed E-state index contributed by atoms with van der Waals surface area (Å²) >= 11 is 0. The second-order valence-electron chi connectivity index (χ2n) is 9.43. The summed E-state index contributed by atoms with van der Waals surface area (Å²) in [5.74, 6) is 0.274. The monoisotopic (exact) mass is 438 g/mol. The van der Waals surface area contributed by atoms with E-state index in [0.717, 1.165) is 12.0 Å². The van der Waals surface area contributed by atoms with Crippen molar-refractivity contribution in [3.05, 3.63) is 59.5 Å². The number of benzene rings is 1. The molecule has 2 aromatic rings. The first-order valence-electron chi connectivity index (χ1n) is 11.5. The highest BCUT2D eigenvalue weighted by atomic mass is 16.3. The van der Waals surface area contributed by atoms with E-state index in [0.29, 0.717) is 31.8 Å². The van der Waals surface area contributed by atoms with Crippen molar-refractivity contribution >= 4 is 17.6 Å². The Labute approximate surface area is 190 Å². The van der Waals surface area contributed by atoms with E-state index >= 15 is 0 Å². The van der Waals surface area contributed by atoms with Gasteiger partial charge in [-0.15, -0.1) is 0 Å². The van der Waals surface area contributed by atoms with Gasteiger partial charge in [0.1, 0.15) is 6.04 Å². The number of hydrogen-bond acceptors (Lipinski definition) is 4. The predicted molar refractivity (Wildman–Crippen MR) is 123 cm³/mol. The lowest BCUT2D eigenvalue weighted by molar-refractivity contribution is -0.135. The van der Waals surface area contributed by atoms with E-state index in [1.165, 1.54) is 11.8 Å². The van der Waals surface area contributed by atoms with Crippen molar-refractivity contribution in [1.29, 1.82) is 0 Å². The molecule has 1 fully saturated rings. The molecular weight excluding hydrogens is 404 g/mol. The molecule has 2 heterocycles. The van der Waals surface area contributed by atoms with E-state index in [2.05, 4.69) is 19.2 Å². The fourth-order valence-electron chi connectivity index (χ4n) is 4.20. The maximum absolute atomic E-state index is 13.1. The number of ketones is 1. The molecule has 0 radical (unpaired) electrons. The highest BCUT2D eigenvalue weighted by Crippen LogP contribution is 2.24. The van der Waals surface area contributed by atoms with Gasteiger partial charge in [0.2, 0.25) is 5.91 Å². The van der Waals surface area contributed by atoms with Crippen LogP contribution in [0, 0.1) is 17.8 Å². The highest BCUT2D eigenvalue weighted by molar-refractivity contribution is 5.98. The molecule has 1 saturated heterocycles. The molecule has 1 aliphatic heterocycles. The van der Waals surface area contributed by atoms with E-state index in [1.807, 2.05) is 38.1 Å². The maximum Gasteiger partial charge on any atom is 0.287 e. The Morgan fingerprint density at radius 2 is 1.69 bits per heavy atom. The lowest BCUT2D eigenvalue weighted by atomic mass is 9.87. The van der Waals surface area contributed by atoms with Gasteiger partial charge in [-0.25, -0.2) is 0 Å². The van der Waals surface area contributed by atoms with Gasteiger partial charge >= 0.3 is 0 Å². The lowest BCUT2D eigenvalue weighted by Gasteiger charge is -2.35. The number of piperidine rings is 1. The Hall–Kier alpha value is -2.89. The molecule has 1 unspecified atom stereocenters. The van der Waals surface area contributed by atoms with Crippen LogP contribution in [0.3, 0.4) is 0 Å². The van der Waals surface area contributed by atoms with Crippen molar-refractivity contribution in [2.24, 2.45) is 17.8 Å². The number of carbonyl (C=O) groups excluding carboxylic acids is 3. The Morgan fingerprint density at radius 3 is 2.22 bits per heavy atom. The fourth-order valence-corrected chi connectivity index (χ4v) is 4.20. The third-order valence-corrected chi connectivity index (χ3v) is 6.02. The quantitative estimate of drug-likeness (QED) is 0.621. The fraction of sp³-hybridized carbons (Fsp3) is 0.500. The standard InChI is InChI=1S/C26H34N2O4/c1-17(2)16-19-7-9-20(10-8-19)24(29)21-11-13-28(14-12-21)26(31)23(18(3)4)27-25(30)22-6-5-15-32-22/h5-10,15,17-18,21,23H,11-14,16H2,1-4H3,(H,27,30). The molecule has 1 aliphatic rings. The van der Waals surface area contributed by atoms with Gasteiger partial charge in [0.25, 0.3) is 5.91 Å². The number of Topliss-reactive ketones (excluding diaryl/α,β-unsaturated/α-hetero) is 1. The van der Waals surface area contributed by atoms with Crippen LogP contribution in [0.1, 0.15) is 67.0 Å². The van der Waals surface area contributed by atoms with Crippen LogP contribution in [0.5, 0.6) is 0 Å². The molecule has 172 valence electrons. The van der Waals surface area contributed by atoms with Gasteiger partial charge in [-0.3, -0.25) is 14.4 Å². The van der Waals surface area contributed by atoms with Crippen LogP contribution < -0.4 is 5.32 Å². The van der Waals surface area contributed by atoms with E-state index < -0.39 is 11.9 Å². The van der Waals surface area contributed by atoms with Crippen LogP contribution in [0.4, 0.5) is 0 Å². The summed E-state index contributed by atoms with van der Waals surface area (Å²) in [5.41, 5.74) is 1.99. The van der Waals surface area contributed by atoms with Gasteiger partial charge in [-0.2, -0.15) is 0 Å². The normalized spacial score (nSPS) is 15.8. The van der Waals surface area contributed by atoms with Gasteiger partial charge in [-0.05, 0) is 48.8 Å². The molecule has 0 bridgehead atoms. The zero-order chi connectivity index (χ0) is 23.3. The molecule has 32 heavy (non-hydrogen) atoms. The first-order chi connectivity index (χ1) is 15.3. The third-order valence-electron chi connectivity index (χ3n) is 6.02. The van der Waals surface area contributed by atoms with Gasteiger partial charge < -0.3 is 14.6 Å². The van der Waals surface area contributed by atoms with E-state index in [4.69, 9.17) is 4.42 Å². The molecule has 0 saturated carbocycles. The zero-order valence-corrected chi connectivity index (χ0v) is 19.5. The predicted octanol–water partition coefficient (Wildman–Crippen LogP) is 4.35. The van der Waals surface area contributed by atoms with Gasteiger partial charge in [0, 0.05) is 24.6 Å². The molecular formula is C26H34N2O4. The molecule has 1 aromatic heterocycles. The van der Waals surface area contributed by atoms with Crippen molar-refractivity contribution in [2.45, 2.75) is 53.0 Å². The summed E-state index contributed by atoms with van der Waals surface area (Å²) in [5, 5.41) is 2.80. The molecule has 3 rings (SSSR count). The van der Waals surface area contributed by atoms with Crippen LogP contribution in [0.15, 0.2) is 47.1 Å². The molecule has 0 spiro atoms. The minimum Gasteiger partial charge on any atom is -0.459 e. The molecule has 0 aliphatic carbocycles. The number of rotatable bonds is 8. The number of furan rings is 1. The summed E-state index contributed by atoms with van der Waals surface area (Å²) in [6, 6.07) is 10.5. The molecule has 2 amide bonds. The second kappa shape index (κ2) is 10.6. The summed E-state index contributed by atoms with van der Waals surface area (Å²) in [7, 11) is 0. The Morgan fingerprint density at radius 1 is 1.03 bits per heavy atom. The van der Waals surface area contributed by atoms with Gasteiger partial charge in [0.15, 0.2) is 11.5 Å². The van der Waals surface area contributed by atoms with Gasteiger partial charge in [-0.1, -0.05) is 52.0 Å². The summed E-state index contributed by atoms with van der Waals surface area (Å²) in [6.45, 7) is 9.20. The largest absolute Gasteiger partial charge is 0.459 e.